The number of rotatable bonds is 5. The lowest BCUT2D eigenvalue weighted by Gasteiger charge is -2.25. The minimum atomic E-state index is -0.432. The van der Waals surface area contributed by atoms with Crippen molar-refractivity contribution in [2.75, 3.05) is 14.2 Å². The van der Waals surface area contributed by atoms with E-state index in [2.05, 4.69) is 26.7 Å². The van der Waals surface area contributed by atoms with Crippen LogP contribution in [0.1, 0.15) is 18.1 Å². The van der Waals surface area contributed by atoms with E-state index < -0.39 is 5.54 Å². The van der Waals surface area contributed by atoms with Crippen molar-refractivity contribution in [2.45, 2.75) is 18.9 Å². The average molecular weight is 356 g/mol. The molecule has 0 fully saturated rings. The number of halogens is 1. The molecule has 1 unspecified atom stereocenters. The maximum absolute atomic E-state index is 6.48. The molecular weight excluding hydrogens is 338 g/mol. The van der Waals surface area contributed by atoms with Crippen LogP contribution in [-0.2, 0) is 12.0 Å². The molecule has 0 aliphatic rings. The lowest BCUT2D eigenvalue weighted by molar-refractivity contribution is 0.354. The number of thiophene rings is 1. The molecule has 20 heavy (non-hydrogen) atoms. The molecular formula is C15H18BrNO2S. The topological polar surface area (TPSA) is 44.5 Å². The van der Waals surface area contributed by atoms with Gasteiger partial charge in [-0.1, -0.05) is 6.07 Å². The Hall–Kier alpha value is -1.04. The minimum absolute atomic E-state index is 0.432. The summed E-state index contributed by atoms with van der Waals surface area (Å²) in [6.07, 6.45) is 0.725. The quantitative estimate of drug-likeness (QED) is 0.883. The first-order chi connectivity index (χ1) is 9.47. The van der Waals surface area contributed by atoms with Gasteiger partial charge < -0.3 is 15.2 Å². The summed E-state index contributed by atoms with van der Waals surface area (Å²) in [4.78, 5) is 0. The van der Waals surface area contributed by atoms with E-state index in [-0.39, 0.29) is 0 Å². The van der Waals surface area contributed by atoms with E-state index in [0.717, 1.165) is 33.5 Å². The van der Waals surface area contributed by atoms with Crippen molar-refractivity contribution in [1.29, 1.82) is 0 Å². The van der Waals surface area contributed by atoms with Crippen LogP contribution in [0, 0.1) is 0 Å². The molecule has 0 aliphatic carbocycles. The van der Waals surface area contributed by atoms with Crippen LogP contribution in [0.25, 0.3) is 0 Å². The van der Waals surface area contributed by atoms with Crippen molar-refractivity contribution in [3.05, 3.63) is 44.6 Å². The van der Waals surface area contributed by atoms with Crippen molar-refractivity contribution in [3.8, 4) is 11.5 Å². The van der Waals surface area contributed by atoms with E-state index in [9.17, 15) is 0 Å². The standard InChI is InChI=1S/C15H18BrNO2S/c1-15(17,11-8-20-9-12(11)16)7-10-4-5-13(18-2)14(6-10)19-3/h4-6,8-9H,7,17H2,1-3H3. The van der Waals surface area contributed by atoms with E-state index in [1.807, 2.05) is 25.1 Å². The Bertz CT molecular complexity index is 595. The maximum Gasteiger partial charge on any atom is 0.160 e. The second-order valence-corrected chi connectivity index (χ2v) is 6.51. The van der Waals surface area contributed by atoms with Gasteiger partial charge in [0.1, 0.15) is 0 Å². The zero-order chi connectivity index (χ0) is 14.8. The molecule has 1 heterocycles. The predicted octanol–water partition coefficient (Wildman–Crippen LogP) is 3.94. The Morgan fingerprint density at radius 3 is 2.45 bits per heavy atom. The number of ether oxygens (including phenoxy) is 2. The number of hydrogen-bond acceptors (Lipinski definition) is 4. The lowest BCUT2D eigenvalue weighted by Crippen LogP contribution is -2.35. The summed E-state index contributed by atoms with van der Waals surface area (Å²) in [5, 5.41) is 4.14. The van der Waals surface area contributed by atoms with Crippen molar-refractivity contribution in [2.24, 2.45) is 5.73 Å². The number of hydrogen-bond donors (Lipinski definition) is 1. The fourth-order valence-electron chi connectivity index (χ4n) is 2.20. The summed E-state index contributed by atoms with van der Waals surface area (Å²) in [7, 11) is 3.27. The monoisotopic (exact) mass is 355 g/mol. The molecule has 0 saturated heterocycles. The van der Waals surface area contributed by atoms with Crippen LogP contribution in [0.15, 0.2) is 33.4 Å². The molecule has 2 N–H and O–H groups in total. The highest BCUT2D eigenvalue weighted by atomic mass is 79.9. The zero-order valence-corrected chi connectivity index (χ0v) is 14.2. The van der Waals surface area contributed by atoms with E-state index in [1.165, 1.54) is 0 Å². The first-order valence-electron chi connectivity index (χ1n) is 6.20. The highest BCUT2D eigenvalue weighted by Gasteiger charge is 2.25. The molecule has 2 rings (SSSR count). The van der Waals surface area contributed by atoms with Gasteiger partial charge in [-0.3, -0.25) is 0 Å². The van der Waals surface area contributed by atoms with Gasteiger partial charge in [-0.2, -0.15) is 11.3 Å². The van der Waals surface area contributed by atoms with Gasteiger partial charge >= 0.3 is 0 Å². The molecule has 0 bridgehead atoms. The molecule has 0 amide bonds. The summed E-state index contributed by atoms with van der Waals surface area (Å²) in [5.41, 5.74) is 8.29. The Labute approximate surface area is 131 Å². The largest absolute Gasteiger partial charge is 0.493 e. The van der Waals surface area contributed by atoms with Crippen LogP contribution >= 0.6 is 27.3 Å². The van der Waals surface area contributed by atoms with Crippen LogP contribution in [-0.4, -0.2) is 14.2 Å². The van der Waals surface area contributed by atoms with Crippen LogP contribution in [0.5, 0.6) is 11.5 Å². The van der Waals surface area contributed by atoms with E-state index in [0.29, 0.717) is 0 Å². The lowest BCUT2D eigenvalue weighted by atomic mass is 9.88. The molecule has 0 aliphatic heterocycles. The van der Waals surface area contributed by atoms with Crippen molar-refractivity contribution < 1.29 is 9.47 Å². The molecule has 1 aromatic heterocycles. The normalized spacial score (nSPS) is 13.8. The second-order valence-electron chi connectivity index (χ2n) is 4.92. The Morgan fingerprint density at radius 1 is 1.20 bits per heavy atom. The zero-order valence-electron chi connectivity index (χ0n) is 11.8. The smallest absolute Gasteiger partial charge is 0.160 e. The minimum Gasteiger partial charge on any atom is -0.493 e. The van der Waals surface area contributed by atoms with Gasteiger partial charge in [0, 0.05) is 15.4 Å². The number of benzene rings is 1. The fraction of sp³-hybridized carbons (Fsp3) is 0.333. The van der Waals surface area contributed by atoms with Gasteiger partial charge in [0.15, 0.2) is 11.5 Å². The summed E-state index contributed by atoms with van der Waals surface area (Å²) in [6.45, 7) is 2.04. The first kappa shape index (κ1) is 15.4. The van der Waals surface area contributed by atoms with Gasteiger partial charge in [-0.15, -0.1) is 0 Å². The number of nitrogens with two attached hydrogens (primary N) is 1. The molecule has 3 nitrogen and oxygen atoms in total. The van der Waals surface area contributed by atoms with Crippen LogP contribution in [0.3, 0.4) is 0 Å². The summed E-state index contributed by atoms with van der Waals surface area (Å²) in [5.74, 6) is 1.46. The molecule has 0 saturated carbocycles. The highest BCUT2D eigenvalue weighted by molar-refractivity contribution is 9.10. The van der Waals surface area contributed by atoms with E-state index in [4.69, 9.17) is 15.2 Å². The highest BCUT2D eigenvalue weighted by Crippen LogP contribution is 2.34. The molecule has 5 heteroatoms. The van der Waals surface area contributed by atoms with Gasteiger partial charge in [-0.05, 0) is 57.9 Å². The third-order valence-electron chi connectivity index (χ3n) is 3.25. The van der Waals surface area contributed by atoms with Gasteiger partial charge in [0.2, 0.25) is 0 Å². The van der Waals surface area contributed by atoms with Gasteiger partial charge in [0.25, 0.3) is 0 Å². The fourth-order valence-corrected chi connectivity index (χ4v) is 4.09. The molecule has 1 aromatic carbocycles. The SMILES string of the molecule is COc1ccc(CC(C)(N)c2cscc2Br)cc1OC. The molecule has 0 radical (unpaired) electrons. The molecule has 1 atom stereocenters. The van der Waals surface area contributed by atoms with E-state index >= 15 is 0 Å². The third kappa shape index (κ3) is 3.16. The van der Waals surface area contributed by atoms with Crippen LogP contribution < -0.4 is 15.2 Å². The molecule has 108 valence electrons. The van der Waals surface area contributed by atoms with Gasteiger partial charge in [0.05, 0.1) is 14.2 Å². The maximum atomic E-state index is 6.48. The Kier molecular flexibility index (Phi) is 4.73. The summed E-state index contributed by atoms with van der Waals surface area (Å²) < 4.78 is 11.6. The van der Waals surface area contributed by atoms with Crippen molar-refractivity contribution in [3.63, 3.8) is 0 Å². The van der Waals surface area contributed by atoms with Crippen molar-refractivity contribution >= 4 is 27.3 Å². The van der Waals surface area contributed by atoms with Crippen molar-refractivity contribution in [1.82, 2.24) is 0 Å². The van der Waals surface area contributed by atoms with Crippen LogP contribution in [0.4, 0.5) is 0 Å². The predicted molar refractivity (Wildman–Crippen MR) is 86.8 cm³/mol. The molecule has 0 spiro atoms. The van der Waals surface area contributed by atoms with E-state index in [1.54, 1.807) is 25.6 Å². The Morgan fingerprint density at radius 2 is 1.90 bits per heavy atom. The van der Waals surface area contributed by atoms with Gasteiger partial charge in [-0.25, -0.2) is 0 Å². The summed E-state index contributed by atoms with van der Waals surface area (Å²) >= 11 is 5.20. The molecule has 2 aromatic rings. The third-order valence-corrected chi connectivity index (χ3v) is 4.95. The average Bonchev–Trinajstić information content (AvgIpc) is 2.85. The first-order valence-corrected chi connectivity index (χ1v) is 7.93. The van der Waals surface area contributed by atoms with Crippen LogP contribution in [0.2, 0.25) is 0 Å². The Balaban J connectivity index is 2.27. The summed E-state index contributed by atoms with van der Waals surface area (Å²) in [6, 6.07) is 5.91. The number of methoxy groups -OCH3 is 2. The second kappa shape index (κ2) is 6.16.